The van der Waals surface area contributed by atoms with Crippen LogP contribution in [0, 0.1) is 11.5 Å². The van der Waals surface area contributed by atoms with Gasteiger partial charge < -0.3 is 0 Å². The van der Waals surface area contributed by atoms with Crippen molar-refractivity contribution in [3.8, 4) is 0 Å². The van der Waals surface area contributed by atoms with Crippen LogP contribution in [-0.4, -0.2) is 0 Å². The largest absolute Gasteiger partial charge is 0.269 e. The molecule has 0 heterocycles. The standard InChI is InChI=1S/C10H15.Zr/c1-10(2,3)8-9-6-4-5-7-9;/h4,6H,5,8H2,1-3H3;/q-1;. The average Bonchev–Trinajstić information content (AvgIpc) is 2.12. The smallest absolute Gasteiger partial charge is 0 e. The molecule has 1 heteroatoms. The van der Waals surface area contributed by atoms with Gasteiger partial charge in [0.15, 0.2) is 0 Å². The maximum atomic E-state index is 3.32. The summed E-state index contributed by atoms with van der Waals surface area (Å²) in [5.74, 6) is 0. The van der Waals surface area contributed by atoms with Crippen molar-refractivity contribution in [2.24, 2.45) is 5.41 Å². The first-order valence-corrected chi connectivity index (χ1v) is 3.84. The van der Waals surface area contributed by atoms with E-state index in [-0.39, 0.29) is 26.2 Å². The number of rotatable bonds is 1. The van der Waals surface area contributed by atoms with Crippen LogP contribution in [0.2, 0.25) is 0 Å². The summed E-state index contributed by atoms with van der Waals surface area (Å²) < 4.78 is 0. The number of allylic oxidation sites excluding steroid dienone is 4. The molecule has 0 aliphatic heterocycles. The molecule has 1 aliphatic rings. The maximum Gasteiger partial charge on any atom is 0 e. The van der Waals surface area contributed by atoms with Crippen LogP contribution in [-0.2, 0) is 26.2 Å². The van der Waals surface area contributed by atoms with Gasteiger partial charge in [-0.1, -0.05) is 27.2 Å². The summed E-state index contributed by atoms with van der Waals surface area (Å²) >= 11 is 0. The van der Waals surface area contributed by atoms with Crippen LogP contribution in [0.15, 0.2) is 17.7 Å². The first-order chi connectivity index (χ1) is 4.58. The third-order valence-corrected chi connectivity index (χ3v) is 1.49. The molecule has 0 aromatic carbocycles. The van der Waals surface area contributed by atoms with E-state index >= 15 is 0 Å². The van der Waals surface area contributed by atoms with Crippen LogP contribution in [0.5, 0.6) is 0 Å². The van der Waals surface area contributed by atoms with Crippen molar-refractivity contribution in [3.63, 3.8) is 0 Å². The van der Waals surface area contributed by atoms with E-state index in [1.807, 2.05) is 0 Å². The fraction of sp³-hybridized carbons (Fsp3) is 0.600. The van der Waals surface area contributed by atoms with Gasteiger partial charge in [-0.15, -0.1) is 6.42 Å². The SMILES string of the molecule is CC(C)(C)CC1=[C-]CC=C1.[Zr]. The van der Waals surface area contributed by atoms with Crippen LogP contribution in [0.4, 0.5) is 0 Å². The molecule has 60 valence electrons. The van der Waals surface area contributed by atoms with Gasteiger partial charge in [-0.05, 0) is 5.41 Å². The van der Waals surface area contributed by atoms with Gasteiger partial charge in [-0.2, -0.15) is 6.08 Å². The third-order valence-electron chi connectivity index (χ3n) is 1.49. The molecule has 1 aliphatic carbocycles. The number of hydrogen-bond donors (Lipinski definition) is 0. The molecular weight excluding hydrogens is 211 g/mol. The van der Waals surface area contributed by atoms with Crippen molar-refractivity contribution >= 4 is 0 Å². The van der Waals surface area contributed by atoms with E-state index in [1.54, 1.807) is 0 Å². The van der Waals surface area contributed by atoms with Crippen LogP contribution in [0.1, 0.15) is 33.6 Å². The molecule has 0 fully saturated rings. The van der Waals surface area contributed by atoms with Crippen molar-refractivity contribution in [3.05, 3.63) is 23.8 Å². The minimum absolute atomic E-state index is 0. The van der Waals surface area contributed by atoms with E-state index in [4.69, 9.17) is 0 Å². The van der Waals surface area contributed by atoms with Gasteiger partial charge in [0.2, 0.25) is 0 Å². The summed E-state index contributed by atoms with van der Waals surface area (Å²) in [6.45, 7) is 6.77. The molecule has 0 bridgehead atoms. The minimum Gasteiger partial charge on any atom is -0.269 e. The van der Waals surface area contributed by atoms with Crippen molar-refractivity contribution in [1.29, 1.82) is 0 Å². The summed E-state index contributed by atoms with van der Waals surface area (Å²) in [5.41, 5.74) is 1.80. The van der Waals surface area contributed by atoms with Gasteiger partial charge in [0.1, 0.15) is 0 Å². The average molecular weight is 226 g/mol. The maximum absolute atomic E-state index is 3.32. The normalized spacial score (nSPS) is 16.1. The molecule has 0 N–H and O–H groups in total. The van der Waals surface area contributed by atoms with E-state index in [1.165, 1.54) is 5.57 Å². The Kier molecular flexibility index (Phi) is 4.55. The van der Waals surface area contributed by atoms with E-state index in [0.717, 1.165) is 12.8 Å². The van der Waals surface area contributed by atoms with Crippen molar-refractivity contribution in [2.45, 2.75) is 33.6 Å². The molecule has 0 amide bonds. The molecule has 0 saturated carbocycles. The second-order valence-electron chi connectivity index (χ2n) is 4.05. The number of hydrogen-bond acceptors (Lipinski definition) is 0. The predicted octanol–water partition coefficient (Wildman–Crippen LogP) is 3.11. The molecule has 0 aromatic heterocycles. The van der Waals surface area contributed by atoms with Crippen LogP contribution in [0.25, 0.3) is 0 Å². The zero-order chi connectivity index (χ0) is 7.61. The Balaban J connectivity index is 0.000001000. The molecular formula is C10H15Zr-. The summed E-state index contributed by atoms with van der Waals surface area (Å²) in [6.07, 6.45) is 9.85. The summed E-state index contributed by atoms with van der Waals surface area (Å²) in [5, 5.41) is 0. The summed E-state index contributed by atoms with van der Waals surface area (Å²) in [4.78, 5) is 0. The van der Waals surface area contributed by atoms with Gasteiger partial charge in [-0.25, -0.2) is 11.6 Å². The van der Waals surface area contributed by atoms with Gasteiger partial charge >= 0.3 is 0 Å². The molecule has 0 atom stereocenters. The minimum atomic E-state index is 0. The zero-order valence-electron chi connectivity index (χ0n) is 7.57. The van der Waals surface area contributed by atoms with E-state index < -0.39 is 0 Å². The van der Waals surface area contributed by atoms with Crippen molar-refractivity contribution < 1.29 is 26.2 Å². The van der Waals surface area contributed by atoms with Crippen molar-refractivity contribution in [2.75, 3.05) is 0 Å². The zero-order valence-corrected chi connectivity index (χ0v) is 10.0. The Morgan fingerprint density at radius 2 is 2.09 bits per heavy atom. The summed E-state index contributed by atoms with van der Waals surface area (Å²) in [6, 6.07) is 0. The molecule has 0 spiro atoms. The van der Waals surface area contributed by atoms with Gasteiger partial charge in [0.25, 0.3) is 0 Å². The van der Waals surface area contributed by atoms with Gasteiger partial charge in [0.05, 0.1) is 0 Å². The fourth-order valence-electron chi connectivity index (χ4n) is 1.14. The van der Waals surface area contributed by atoms with E-state index in [2.05, 4.69) is 39.0 Å². The molecule has 11 heavy (non-hydrogen) atoms. The second kappa shape index (κ2) is 4.40. The van der Waals surface area contributed by atoms with Gasteiger partial charge in [-0.3, -0.25) is 6.08 Å². The Morgan fingerprint density at radius 3 is 2.45 bits per heavy atom. The Hall–Kier alpha value is 0.363. The van der Waals surface area contributed by atoms with Crippen LogP contribution in [0.3, 0.4) is 0 Å². The molecule has 0 saturated heterocycles. The Bertz CT molecular complexity index is 170. The predicted molar refractivity (Wildman–Crippen MR) is 44.6 cm³/mol. The molecule has 0 aromatic rings. The second-order valence-corrected chi connectivity index (χ2v) is 4.05. The van der Waals surface area contributed by atoms with E-state index in [9.17, 15) is 0 Å². The quantitative estimate of drug-likeness (QED) is 0.603. The molecule has 0 nitrogen and oxygen atoms in total. The monoisotopic (exact) mass is 225 g/mol. The van der Waals surface area contributed by atoms with Crippen molar-refractivity contribution in [1.82, 2.24) is 0 Å². The topological polar surface area (TPSA) is 0 Å². The summed E-state index contributed by atoms with van der Waals surface area (Å²) in [7, 11) is 0. The molecule has 1 rings (SSSR count). The van der Waals surface area contributed by atoms with Gasteiger partial charge in [0, 0.05) is 26.2 Å². The first-order valence-electron chi connectivity index (χ1n) is 3.84. The van der Waals surface area contributed by atoms with E-state index in [0.29, 0.717) is 5.41 Å². The third kappa shape index (κ3) is 4.74. The van der Waals surface area contributed by atoms with Crippen LogP contribution >= 0.6 is 0 Å². The Labute approximate surface area is 88.9 Å². The van der Waals surface area contributed by atoms with Crippen LogP contribution < -0.4 is 0 Å². The molecule has 0 unspecified atom stereocenters. The fourth-order valence-corrected chi connectivity index (χ4v) is 1.14. The molecule has 0 radical (unpaired) electrons. The first kappa shape index (κ1) is 11.4. The Morgan fingerprint density at radius 1 is 1.45 bits per heavy atom.